The molecule has 0 amide bonds. The van der Waals surface area contributed by atoms with Gasteiger partial charge in [0.1, 0.15) is 11.4 Å². The van der Waals surface area contributed by atoms with Gasteiger partial charge in [0.25, 0.3) is 0 Å². The Labute approximate surface area is 217 Å². The predicted octanol–water partition coefficient (Wildman–Crippen LogP) is 4.74. The van der Waals surface area contributed by atoms with Gasteiger partial charge in [-0.3, -0.25) is 0 Å². The molecular formula is C24H19F6N5O3S. The molecule has 1 aromatic carbocycles. The Bertz CT molecular complexity index is 1720. The Balaban J connectivity index is 1.66. The van der Waals surface area contributed by atoms with Crippen LogP contribution in [0.15, 0.2) is 47.5 Å². The third kappa shape index (κ3) is 4.37. The zero-order valence-electron chi connectivity index (χ0n) is 20.3. The summed E-state index contributed by atoms with van der Waals surface area (Å²) in [5, 5.41) is 15.2. The molecule has 0 saturated heterocycles. The zero-order valence-corrected chi connectivity index (χ0v) is 21.1. The molecule has 0 radical (unpaired) electrons. The summed E-state index contributed by atoms with van der Waals surface area (Å²) < 4.78 is 108. The summed E-state index contributed by atoms with van der Waals surface area (Å²) in [4.78, 5) is 7.48. The SMILES string of the molecule is CCS(=O)(=O)c1cc(-c2ccc(C3(F)CC3)cc2)cnc1-c1nc2cc(C(F)(F)C(F)(F)F)n[n+]([O-])c2n1C. The summed E-state index contributed by atoms with van der Waals surface area (Å²) in [5.41, 5.74) is -3.11. The van der Waals surface area contributed by atoms with Crippen molar-refractivity contribution in [2.45, 2.75) is 42.4 Å². The van der Waals surface area contributed by atoms with E-state index in [4.69, 9.17) is 0 Å². The monoisotopic (exact) mass is 571 g/mol. The largest absolute Gasteiger partial charge is 0.691 e. The Morgan fingerprint density at radius 2 is 1.72 bits per heavy atom. The molecule has 39 heavy (non-hydrogen) atoms. The molecule has 1 fully saturated rings. The van der Waals surface area contributed by atoms with E-state index in [1.54, 1.807) is 24.3 Å². The average molecular weight is 572 g/mol. The smallest absolute Gasteiger partial charge is 0.459 e. The highest BCUT2D eigenvalue weighted by Gasteiger charge is 2.61. The number of fused-ring (bicyclic) bond motifs is 1. The quantitative estimate of drug-likeness (QED) is 0.188. The molecule has 206 valence electrons. The van der Waals surface area contributed by atoms with Gasteiger partial charge in [-0.05, 0) is 30.0 Å². The Kier molecular flexibility index (Phi) is 5.94. The van der Waals surface area contributed by atoms with Crippen molar-refractivity contribution in [2.75, 3.05) is 5.75 Å². The van der Waals surface area contributed by atoms with Crippen LogP contribution in [0, 0.1) is 5.21 Å². The van der Waals surface area contributed by atoms with Crippen LogP contribution in [0.1, 0.15) is 31.0 Å². The van der Waals surface area contributed by atoms with Crippen molar-refractivity contribution in [3.63, 3.8) is 0 Å². The first-order chi connectivity index (χ1) is 18.1. The van der Waals surface area contributed by atoms with Gasteiger partial charge in [-0.15, -0.1) is 4.85 Å². The third-order valence-electron chi connectivity index (χ3n) is 6.63. The number of sulfone groups is 1. The van der Waals surface area contributed by atoms with Crippen LogP contribution in [0.4, 0.5) is 26.3 Å². The number of alkyl halides is 6. The van der Waals surface area contributed by atoms with Crippen LogP contribution >= 0.6 is 0 Å². The Hall–Kier alpha value is -3.75. The first kappa shape index (κ1) is 26.8. The maximum Gasteiger partial charge on any atom is 0.459 e. The standard InChI is InChI=1S/C24H19F6N5O3S/c1-3-39(37,38)17-10-14(13-4-6-15(7-5-13)22(25)8-9-22)12-31-19(17)20-32-16-11-18(23(26,27)24(28,29)30)33-35(36)21(16)34(20)2/h4-7,10-12H,3,8-9H2,1-2H3. The van der Waals surface area contributed by atoms with Crippen molar-refractivity contribution >= 4 is 21.0 Å². The van der Waals surface area contributed by atoms with Crippen molar-refractivity contribution < 1.29 is 39.6 Å². The average Bonchev–Trinajstić information content (AvgIpc) is 3.55. The van der Waals surface area contributed by atoms with E-state index in [2.05, 4.69) is 15.1 Å². The van der Waals surface area contributed by atoms with E-state index in [9.17, 15) is 40.0 Å². The van der Waals surface area contributed by atoms with Crippen molar-refractivity contribution in [3.05, 3.63) is 59.1 Å². The fourth-order valence-electron chi connectivity index (χ4n) is 4.17. The first-order valence-corrected chi connectivity index (χ1v) is 13.2. The fraction of sp³-hybridized carbons (Fsp3) is 0.333. The number of hydrogen-bond acceptors (Lipinski definition) is 6. The van der Waals surface area contributed by atoms with Crippen LogP contribution in [-0.4, -0.2) is 40.0 Å². The van der Waals surface area contributed by atoms with E-state index in [0.717, 1.165) is 4.57 Å². The molecule has 0 bridgehead atoms. The van der Waals surface area contributed by atoms with Gasteiger partial charge in [0.2, 0.25) is 5.82 Å². The molecule has 0 aliphatic heterocycles. The lowest BCUT2D eigenvalue weighted by molar-refractivity contribution is -0.647. The molecule has 0 unspecified atom stereocenters. The molecule has 8 nitrogen and oxygen atoms in total. The fourth-order valence-corrected chi connectivity index (χ4v) is 5.23. The van der Waals surface area contributed by atoms with E-state index >= 15 is 0 Å². The normalized spacial score (nSPS) is 15.6. The van der Waals surface area contributed by atoms with Crippen LogP contribution in [-0.2, 0) is 28.5 Å². The summed E-state index contributed by atoms with van der Waals surface area (Å²) in [6.45, 7) is 1.38. The van der Waals surface area contributed by atoms with E-state index < -0.39 is 49.3 Å². The van der Waals surface area contributed by atoms with Crippen LogP contribution < -0.4 is 4.85 Å². The second-order valence-electron chi connectivity index (χ2n) is 9.19. The van der Waals surface area contributed by atoms with Crippen molar-refractivity contribution in [2.24, 2.45) is 7.05 Å². The highest BCUT2D eigenvalue weighted by atomic mass is 32.2. The molecule has 3 aromatic heterocycles. The maximum absolute atomic E-state index is 14.3. The number of benzene rings is 1. The van der Waals surface area contributed by atoms with E-state index in [0.29, 0.717) is 35.6 Å². The van der Waals surface area contributed by atoms with E-state index in [1.807, 2.05) is 0 Å². The number of halogens is 6. The lowest BCUT2D eigenvalue weighted by Gasteiger charge is -2.18. The molecular weight excluding hydrogens is 552 g/mol. The number of aryl methyl sites for hydroxylation is 1. The molecule has 0 atom stereocenters. The van der Waals surface area contributed by atoms with Crippen molar-refractivity contribution in [1.29, 1.82) is 0 Å². The first-order valence-electron chi connectivity index (χ1n) is 11.5. The highest BCUT2D eigenvalue weighted by molar-refractivity contribution is 7.91. The minimum atomic E-state index is -6.01. The lowest BCUT2D eigenvalue weighted by atomic mass is 10.0. The van der Waals surface area contributed by atoms with Gasteiger partial charge in [-0.25, -0.2) is 22.4 Å². The van der Waals surface area contributed by atoms with E-state index in [1.165, 1.54) is 26.2 Å². The number of imidazole rings is 1. The molecule has 15 heteroatoms. The highest BCUT2D eigenvalue weighted by Crippen LogP contribution is 2.49. The lowest BCUT2D eigenvalue weighted by Crippen LogP contribution is -2.41. The summed E-state index contributed by atoms with van der Waals surface area (Å²) in [6.07, 6.45) is -3.85. The summed E-state index contributed by atoms with van der Waals surface area (Å²) >= 11 is 0. The molecule has 0 spiro atoms. The number of nitrogens with zero attached hydrogens (tertiary/aromatic N) is 5. The van der Waals surface area contributed by atoms with Gasteiger partial charge in [0.05, 0.1) is 17.7 Å². The number of hydrogen-bond donors (Lipinski definition) is 0. The minimum Gasteiger partial charge on any atom is -0.691 e. The number of rotatable bonds is 6. The molecule has 1 aliphatic carbocycles. The second-order valence-corrected chi connectivity index (χ2v) is 11.4. The molecule has 1 aliphatic rings. The number of aromatic nitrogens is 5. The summed E-state index contributed by atoms with van der Waals surface area (Å²) in [5.74, 6) is -6.06. The van der Waals surface area contributed by atoms with Gasteiger partial charge < -0.3 is 5.21 Å². The third-order valence-corrected chi connectivity index (χ3v) is 8.37. The van der Waals surface area contributed by atoms with Crippen LogP contribution in [0.25, 0.3) is 33.8 Å². The van der Waals surface area contributed by atoms with Crippen LogP contribution in [0.2, 0.25) is 0 Å². The molecule has 0 N–H and O–H groups in total. The molecule has 1 saturated carbocycles. The van der Waals surface area contributed by atoms with Gasteiger partial charge in [0.15, 0.2) is 21.0 Å². The van der Waals surface area contributed by atoms with Gasteiger partial charge in [-0.1, -0.05) is 36.3 Å². The van der Waals surface area contributed by atoms with Gasteiger partial charge in [0, 0.05) is 17.8 Å². The topological polar surface area (TPSA) is 105 Å². The Morgan fingerprint density at radius 1 is 1.08 bits per heavy atom. The van der Waals surface area contributed by atoms with Gasteiger partial charge in [-0.2, -0.15) is 26.9 Å². The predicted molar refractivity (Wildman–Crippen MR) is 126 cm³/mol. The van der Waals surface area contributed by atoms with Crippen LogP contribution in [0.5, 0.6) is 0 Å². The van der Waals surface area contributed by atoms with Crippen LogP contribution in [0.3, 0.4) is 0 Å². The van der Waals surface area contributed by atoms with Crippen molar-refractivity contribution in [1.82, 2.24) is 19.6 Å². The Morgan fingerprint density at radius 3 is 2.28 bits per heavy atom. The second kappa shape index (κ2) is 8.63. The summed E-state index contributed by atoms with van der Waals surface area (Å²) in [6, 6.07) is 8.08. The molecule has 5 rings (SSSR count). The number of pyridine rings is 1. The molecule has 3 heterocycles. The maximum atomic E-state index is 14.3. The van der Waals surface area contributed by atoms with Gasteiger partial charge >= 0.3 is 17.7 Å². The van der Waals surface area contributed by atoms with E-state index in [-0.39, 0.29) is 22.2 Å². The van der Waals surface area contributed by atoms with Crippen molar-refractivity contribution in [3.8, 4) is 22.6 Å². The summed E-state index contributed by atoms with van der Waals surface area (Å²) in [7, 11) is -2.75. The molecule has 4 aromatic rings. The minimum absolute atomic E-state index is 0.249. The zero-order chi connectivity index (χ0) is 28.5.